The average molecular weight is 393 g/mol. The average Bonchev–Trinajstić information content (AvgIpc) is 3.28. The number of rotatable bonds is 5. The molecule has 2 heterocycles. The molecule has 2 aromatic rings. The highest BCUT2D eigenvalue weighted by atomic mass is 16.5. The number of methoxy groups -OCH3 is 1. The van der Waals surface area contributed by atoms with Crippen LogP contribution in [0.5, 0.6) is 5.75 Å². The summed E-state index contributed by atoms with van der Waals surface area (Å²) in [4.78, 5) is 29.9. The van der Waals surface area contributed by atoms with Crippen LogP contribution in [0.4, 0.5) is 5.69 Å². The quantitative estimate of drug-likeness (QED) is 0.849. The number of benzene rings is 2. The minimum Gasteiger partial charge on any atom is -0.497 e. The number of hydrogen-bond donors (Lipinski definition) is 1. The van der Waals surface area contributed by atoms with Crippen LogP contribution < -0.4 is 10.1 Å². The first-order valence-electron chi connectivity index (χ1n) is 10.2. The molecular weight excluding hydrogens is 366 g/mol. The van der Waals surface area contributed by atoms with Crippen LogP contribution in [0.25, 0.3) is 0 Å². The zero-order chi connectivity index (χ0) is 20.2. The van der Waals surface area contributed by atoms with Gasteiger partial charge in [0.2, 0.25) is 11.8 Å². The maximum absolute atomic E-state index is 13.2. The van der Waals surface area contributed by atoms with Gasteiger partial charge in [-0.05, 0) is 54.7 Å². The van der Waals surface area contributed by atoms with E-state index in [0.29, 0.717) is 13.0 Å². The van der Waals surface area contributed by atoms with E-state index >= 15 is 0 Å². The van der Waals surface area contributed by atoms with Crippen LogP contribution >= 0.6 is 0 Å². The molecule has 0 radical (unpaired) electrons. The number of likely N-dealkylation sites (tertiary alicyclic amines) is 1. The highest BCUT2D eigenvalue weighted by Crippen LogP contribution is 2.25. The Balaban J connectivity index is 1.48. The molecule has 0 saturated carbocycles. The van der Waals surface area contributed by atoms with Crippen LogP contribution in [0.1, 0.15) is 24.0 Å². The van der Waals surface area contributed by atoms with Crippen LogP contribution in [-0.4, -0.2) is 54.4 Å². The fraction of sp³-hybridized carbons (Fsp3) is 0.391. The molecule has 0 spiro atoms. The van der Waals surface area contributed by atoms with Gasteiger partial charge in [0.1, 0.15) is 5.75 Å². The molecule has 4 rings (SSSR count). The van der Waals surface area contributed by atoms with E-state index in [4.69, 9.17) is 4.74 Å². The smallest absolute Gasteiger partial charge is 0.240 e. The Morgan fingerprint density at radius 3 is 2.41 bits per heavy atom. The summed E-state index contributed by atoms with van der Waals surface area (Å²) >= 11 is 0. The SMILES string of the molecule is COc1ccc(NC(=O)CN2Cc3ccccc3C[C@H]2C(=O)N2CCCC2)cc1. The van der Waals surface area contributed by atoms with Crippen LogP contribution in [-0.2, 0) is 22.6 Å². The highest BCUT2D eigenvalue weighted by molar-refractivity contribution is 5.93. The van der Waals surface area contributed by atoms with Gasteiger partial charge in [-0.2, -0.15) is 0 Å². The van der Waals surface area contributed by atoms with E-state index in [2.05, 4.69) is 17.4 Å². The Labute approximate surface area is 171 Å². The zero-order valence-corrected chi connectivity index (χ0v) is 16.8. The second-order valence-corrected chi connectivity index (χ2v) is 7.70. The lowest BCUT2D eigenvalue weighted by Gasteiger charge is -2.37. The van der Waals surface area contributed by atoms with Crippen molar-refractivity contribution in [1.29, 1.82) is 0 Å². The normalized spacial score (nSPS) is 18.9. The second kappa shape index (κ2) is 8.66. The van der Waals surface area contributed by atoms with Gasteiger partial charge < -0.3 is 15.0 Å². The fourth-order valence-corrected chi connectivity index (χ4v) is 4.19. The van der Waals surface area contributed by atoms with E-state index in [1.54, 1.807) is 7.11 Å². The van der Waals surface area contributed by atoms with Gasteiger partial charge in [0, 0.05) is 25.3 Å². The molecule has 2 aromatic carbocycles. The number of fused-ring (bicyclic) bond motifs is 1. The molecular formula is C23H27N3O3. The number of anilines is 1. The summed E-state index contributed by atoms with van der Waals surface area (Å²) < 4.78 is 5.16. The lowest BCUT2D eigenvalue weighted by atomic mass is 9.93. The molecule has 152 valence electrons. The molecule has 1 saturated heterocycles. The molecule has 1 N–H and O–H groups in total. The number of hydrogen-bond acceptors (Lipinski definition) is 4. The first-order chi connectivity index (χ1) is 14.1. The molecule has 2 aliphatic rings. The number of carbonyl (C=O) groups is 2. The molecule has 29 heavy (non-hydrogen) atoms. The Morgan fingerprint density at radius 2 is 1.72 bits per heavy atom. The van der Waals surface area contributed by atoms with Crippen molar-refractivity contribution in [2.75, 3.05) is 32.1 Å². The third-order valence-electron chi connectivity index (χ3n) is 5.77. The monoisotopic (exact) mass is 393 g/mol. The molecule has 0 aliphatic carbocycles. The summed E-state index contributed by atoms with van der Waals surface area (Å²) in [7, 11) is 1.61. The van der Waals surface area contributed by atoms with Crippen molar-refractivity contribution in [3.8, 4) is 5.75 Å². The lowest BCUT2D eigenvalue weighted by Crippen LogP contribution is -2.52. The van der Waals surface area contributed by atoms with E-state index in [1.165, 1.54) is 11.1 Å². The van der Waals surface area contributed by atoms with Gasteiger partial charge in [-0.3, -0.25) is 14.5 Å². The number of amides is 2. The van der Waals surface area contributed by atoms with E-state index < -0.39 is 0 Å². The number of nitrogens with zero attached hydrogens (tertiary/aromatic N) is 2. The van der Waals surface area contributed by atoms with Crippen molar-refractivity contribution < 1.29 is 14.3 Å². The molecule has 2 amide bonds. The van der Waals surface area contributed by atoms with Crippen molar-refractivity contribution in [3.63, 3.8) is 0 Å². The Bertz CT molecular complexity index is 875. The van der Waals surface area contributed by atoms with Crippen LogP contribution in [0.15, 0.2) is 48.5 Å². The summed E-state index contributed by atoms with van der Waals surface area (Å²) in [5, 5.41) is 2.93. The van der Waals surface area contributed by atoms with Gasteiger partial charge in [0.15, 0.2) is 0 Å². The van der Waals surface area contributed by atoms with Gasteiger partial charge >= 0.3 is 0 Å². The molecule has 6 heteroatoms. The maximum Gasteiger partial charge on any atom is 0.240 e. The highest BCUT2D eigenvalue weighted by Gasteiger charge is 2.35. The minimum atomic E-state index is -0.287. The first kappa shape index (κ1) is 19.5. The van der Waals surface area contributed by atoms with Crippen LogP contribution in [0.2, 0.25) is 0 Å². The van der Waals surface area contributed by atoms with Gasteiger partial charge in [0.05, 0.1) is 19.7 Å². The number of nitrogens with one attached hydrogen (secondary N) is 1. The summed E-state index contributed by atoms with van der Waals surface area (Å²) in [6.07, 6.45) is 2.78. The largest absolute Gasteiger partial charge is 0.497 e. The van der Waals surface area contributed by atoms with Crippen molar-refractivity contribution in [2.45, 2.75) is 31.8 Å². The van der Waals surface area contributed by atoms with Crippen molar-refractivity contribution in [3.05, 3.63) is 59.7 Å². The number of ether oxygens (including phenoxy) is 1. The van der Waals surface area contributed by atoms with E-state index in [0.717, 1.165) is 37.4 Å². The van der Waals surface area contributed by atoms with E-state index in [1.807, 2.05) is 46.2 Å². The van der Waals surface area contributed by atoms with Crippen molar-refractivity contribution in [1.82, 2.24) is 9.80 Å². The summed E-state index contributed by atoms with van der Waals surface area (Å²) in [5.74, 6) is 0.773. The van der Waals surface area contributed by atoms with Gasteiger partial charge in [-0.1, -0.05) is 24.3 Å². The molecule has 0 unspecified atom stereocenters. The van der Waals surface area contributed by atoms with Gasteiger partial charge in [-0.15, -0.1) is 0 Å². The Morgan fingerprint density at radius 1 is 1.03 bits per heavy atom. The van der Waals surface area contributed by atoms with Crippen molar-refractivity contribution >= 4 is 17.5 Å². The first-order valence-corrected chi connectivity index (χ1v) is 10.2. The predicted molar refractivity (Wildman–Crippen MR) is 112 cm³/mol. The van der Waals surface area contributed by atoms with E-state index in [9.17, 15) is 9.59 Å². The molecule has 6 nitrogen and oxygen atoms in total. The van der Waals surface area contributed by atoms with Crippen LogP contribution in [0, 0.1) is 0 Å². The molecule has 0 bridgehead atoms. The summed E-state index contributed by atoms with van der Waals surface area (Å²) in [5.41, 5.74) is 3.11. The molecule has 0 aromatic heterocycles. The van der Waals surface area contributed by atoms with E-state index in [-0.39, 0.29) is 24.4 Å². The second-order valence-electron chi connectivity index (χ2n) is 7.70. The Hall–Kier alpha value is -2.86. The predicted octanol–water partition coefficient (Wildman–Crippen LogP) is 2.68. The molecule has 1 fully saturated rings. The molecule has 2 aliphatic heterocycles. The molecule has 1 atom stereocenters. The zero-order valence-electron chi connectivity index (χ0n) is 16.8. The lowest BCUT2D eigenvalue weighted by molar-refractivity contribution is -0.137. The summed E-state index contributed by atoms with van der Waals surface area (Å²) in [6.45, 7) is 2.44. The van der Waals surface area contributed by atoms with Gasteiger partial charge in [0.25, 0.3) is 0 Å². The van der Waals surface area contributed by atoms with Crippen LogP contribution in [0.3, 0.4) is 0 Å². The third kappa shape index (κ3) is 4.43. The maximum atomic E-state index is 13.2. The summed E-state index contributed by atoms with van der Waals surface area (Å²) in [6, 6.07) is 15.2. The van der Waals surface area contributed by atoms with Gasteiger partial charge in [-0.25, -0.2) is 0 Å². The third-order valence-corrected chi connectivity index (χ3v) is 5.77. The minimum absolute atomic E-state index is 0.117. The topological polar surface area (TPSA) is 61.9 Å². The van der Waals surface area contributed by atoms with Crippen molar-refractivity contribution in [2.24, 2.45) is 0 Å². The standard InChI is InChI=1S/C23H27N3O3/c1-29-20-10-8-19(9-11-20)24-22(27)16-26-15-18-7-3-2-6-17(18)14-21(26)23(28)25-12-4-5-13-25/h2-3,6-11,21H,4-5,12-16H2,1H3,(H,24,27)/t21-/m0/s1. The number of carbonyl (C=O) groups excluding carboxylic acids is 2. The Kier molecular flexibility index (Phi) is 5.81. The fourth-order valence-electron chi connectivity index (χ4n) is 4.19.